The first kappa shape index (κ1) is 28.2. The van der Waals surface area contributed by atoms with Gasteiger partial charge in [-0.3, -0.25) is 4.57 Å². The fourth-order valence-corrected chi connectivity index (χ4v) is 5.08. The van der Waals surface area contributed by atoms with Crippen LogP contribution < -0.4 is 16.4 Å². The number of nitrogens with one attached hydrogen (secondary N) is 2. The number of fused-ring (bicyclic) bond motifs is 1. The molecule has 0 bridgehead atoms. The molecule has 1 saturated heterocycles. The van der Waals surface area contributed by atoms with E-state index in [-0.39, 0.29) is 17.3 Å². The first-order valence-electron chi connectivity index (χ1n) is 13.9. The fourth-order valence-electron chi connectivity index (χ4n) is 5.08. The van der Waals surface area contributed by atoms with Gasteiger partial charge in [-0.15, -0.1) is 0 Å². The van der Waals surface area contributed by atoms with Crippen LogP contribution in [0.15, 0.2) is 36.9 Å². The van der Waals surface area contributed by atoms with E-state index in [1.807, 2.05) is 24.3 Å². The summed E-state index contributed by atoms with van der Waals surface area (Å²) in [7, 11) is 0. The number of rotatable bonds is 10. The Bertz CT molecular complexity index is 1300. The number of benzene rings is 1. The number of amides is 2. The number of aromatic nitrogens is 4. The van der Waals surface area contributed by atoms with Crippen molar-refractivity contribution in [3.05, 3.63) is 42.5 Å². The van der Waals surface area contributed by atoms with E-state index >= 15 is 0 Å². The maximum absolute atomic E-state index is 12.4. The van der Waals surface area contributed by atoms with E-state index in [4.69, 9.17) is 10.5 Å². The normalized spacial score (nSPS) is 23.1. The van der Waals surface area contributed by atoms with E-state index in [0.29, 0.717) is 30.2 Å². The van der Waals surface area contributed by atoms with Crippen LogP contribution >= 0.6 is 0 Å². The largest absolute Gasteiger partial charge is 0.387 e. The van der Waals surface area contributed by atoms with E-state index in [1.165, 1.54) is 31.1 Å². The lowest BCUT2D eigenvalue weighted by atomic mass is 9.87. The van der Waals surface area contributed by atoms with Crippen molar-refractivity contribution < 1.29 is 19.7 Å². The number of aliphatic hydroxyl groups is 2. The summed E-state index contributed by atoms with van der Waals surface area (Å²) in [5.74, 6) is 0.869. The number of carbonyl (C=O) groups excluding carboxylic acids is 1. The number of ether oxygens (including phenoxy) is 1. The summed E-state index contributed by atoms with van der Waals surface area (Å²) in [5.41, 5.74) is 8.77. The molecule has 40 heavy (non-hydrogen) atoms. The summed E-state index contributed by atoms with van der Waals surface area (Å²) in [6, 6.07) is 7.66. The van der Waals surface area contributed by atoms with E-state index in [2.05, 4.69) is 51.3 Å². The first-order valence-corrected chi connectivity index (χ1v) is 13.9. The number of hydrogen-bond donors (Lipinski definition) is 5. The van der Waals surface area contributed by atoms with Gasteiger partial charge < -0.3 is 36.2 Å². The van der Waals surface area contributed by atoms with E-state index in [0.717, 1.165) is 25.2 Å². The molecule has 12 heteroatoms. The monoisotopic (exact) mass is 552 g/mol. The third kappa shape index (κ3) is 6.52. The van der Waals surface area contributed by atoms with Crippen molar-refractivity contribution in [2.75, 3.05) is 37.2 Å². The zero-order valence-electron chi connectivity index (χ0n) is 23.3. The molecule has 1 aliphatic carbocycles. The Morgan fingerprint density at radius 1 is 1.12 bits per heavy atom. The van der Waals surface area contributed by atoms with Crippen LogP contribution in [0, 0.1) is 5.92 Å². The zero-order valence-corrected chi connectivity index (χ0v) is 23.3. The topological polar surface area (TPSA) is 164 Å². The zero-order chi connectivity index (χ0) is 28.4. The minimum Gasteiger partial charge on any atom is -0.387 e. The third-order valence-electron chi connectivity index (χ3n) is 7.60. The van der Waals surface area contributed by atoms with Crippen LogP contribution in [0.2, 0.25) is 0 Å². The Hall–Kier alpha value is -3.32. The van der Waals surface area contributed by atoms with Crippen molar-refractivity contribution >= 4 is 28.7 Å². The minimum absolute atomic E-state index is 0.0586. The summed E-state index contributed by atoms with van der Waals surface area (Å²) < 4.78 is 7.74. The molecule has 2 aliphatic rings. The maximum Gasteiger partial charge on any atom is 0.319 e. The van der Waals surface area contributed by atoms with Gasteiger partial charge in [0.2, 0.25) is 0 Å². The van der Waals surface area contributed by atoms with Crippen molar-refractivity contribution in [2.24, 2.45) is 5.92 Å². The van der Waals surface area contributed by atoms with Gasteiger partial charge in [0.1, 0.15) is 30.2 Å². The minimum atomic E-state index is -1.15. The van der Waals surface area contributed by atoms with E-state index < -0.39 is 24.5 Å². The Balaban J connectivity index is 1.12. The molecule has 1 saturated carbocycles. The molecular weight excluding hydrogens is 512 g/mol. The van der Waals surface area contributed by atoms with Gasteiger partial charge in [0.05, 0.1) is 6.33 Å². The number of urea groups is 1. The second-order valence-corrected chi connectivity index (χ2v) is 11.9. The molecule has 0 spiro atoms. The van der Waals surface area contributed by atoms with E-state index in [1.54, 1.807) is 4.57 Å². The number of aliphatic hydroxyl groups excluding tert-OH is 2. The summed E-state index contributed by atoms with van der Waals surface area (Å²) in [6.07, 6.45) is 2.28. The lowest BCUT2D eigenvalue weighted by molar-refractivity contribution is -0.0445. The van der Waals surface area contributed by atoms with Crippen molar-refractivity contribution in [3.63, 3.8) is 0 Å². The van der Waals surface area contributed by atoms with Gasteiger partial charge in [-0.05, 0) is 54.8 Å². The molecule has 0 unspecified atom stereocenters. The highest BCUT2D eigenvalue weighted by Gasteiger charge is 2.45. The molecular formula is C28H40N8O4. The molecule has 3 aromatic rings. The molecule has 2 amide bonds. The second kappa shape index (κ2) is 11.7. The standard InChI is InChI=1S/C28H40N8O4/c1-28(2,3)18-7-9-19(10-8-18)34-27(39)30-11-4-12-35(13-17-5-6-17)14-20-22(37)23(38)26(40-20)36-16-33-21-24(29)31-15-32-25(21)36/h7-10,15-17,20,22-23,26,37-38H,4-6,11-14H2,1-3H3,(H2,29,31,32)(H2,30,34,39)/t20-,22+,23-,26-/m1/s1. The highest BCUT2D eigenvalue weighted by atomic mass is 16.6. The number of carbonyl (C=O) groups is 1. The van der Waals surface area contributed by atoms with Gasteiger partial charge in [0.15, 0.2) is 17.7 Å². The van der Waals surface area contributed by atoms with Gasteiger partial charge in [0, 0.05) is 25.3 Å². The predicted molar refractivity (Wildman–Crippen MR) is 152 cm³/mol. The number of imidazole rings is 1. The predicted octanol–water partition coefficient (Wildman–Crippen LogP) is 2.25. The molecule has 1 aliphatic heterocycles. The van der Waals surface area contributed by atoms with Crippen LogP contribution in [0.1, 0.15) is 51.8 Å². The average molecular weight is 553 g/mol. The van der Waals surface area contributed by atoms with E-state index in [9.17, 15) is 15.0 Å². The number of anilines is 2. The molecule has 2 aromatic heterocycles. The summed E-state index contributed by atoms with van der Waals surface area (Å²) in [5, 5.41) is 27.5. The molecule has 0 radical (unpaired) electrons. The summed E-state index contributed by atoms with van der Waals surface area (Å²) in [4.78, 5) is 27.1. The van der Waals surface area contributed by atoms with Crippen molar-refractivity contribution in [1.29, 1.82) is 0 Å². The molecule has 3 heterocycles. The quantitative estimate of drug-likeness (QED) is 0.237. The van der Waals surface area contributed by atoms with Gasteiger partial charge in [-0.25, -0.2) is 19.7 Å². The molecule has 1 aromatic carbocycles. The highest BCUT2D eigenvalue weighted by molar-refractivity contribution is 5.89. The fraction of sp³-hybridized carbons (Fsp3) is 0.571. The van der Waals surface area contributed by atoms with Gasteiger partial charge in [-0.2, -0.15) is 0 Å². The van der Waals surface area contributed by atoms with Crippen LogP contribution in [0.25, 0.3) is 11.2 Å². The Morgan fingerprint density at radius 2 is 1.88 bits per heavy atom. The molecule has 4 atom stereocenters. The summed E-state index contributed by atoms with van der Waals surface area (Å²) in [6.45, 7) is 9.04. The van der Waals surface area contributed by atoms with Gasteiger partial charge in [0.25, 0.3) is 0 Å². The lowest BCUT2D eigenvalue weighted by Crippen LogP contribution is -2.42. The van der Waals surface area contributed by atoms with Crippen LogP contribution in [-0.4, -0.2) is 85.2 Å². The van der Waals surface area contributed by atoms with Crippen molar-refractivity contribution in [2.45, 2.75) is 70.0 Å². The molecule has 5 rings (SSSR count). The number of nitrogens with zero attached hydrogens (tertiary/aromatic N) is 5. The average Bonchev–Trinajstić information content (AvgIpc) is 3.56. The van der Waals surface area contributed by atoms with Gasteiger partial charge >= 0.3 is 6.03 Å². The smallest absolute Gasteiger partial charge is 0.319 e. The molecule has 6 N–H and O–H groups in total. The van der Waals surface area contributed by atoms with Crippen LogP contribution in [0.4, 0.5) is 16.3 Å². The summed E-state index contributed by atoms with van der Waals surface area (Å²) >= 11 is 0. The van der Waals surface area contributed by atoms with Crippen molar-refractivity contribution in [1.82, 2.24) is 29.7 Å². The molecule has 216 valence electrons. The first-order chi connectivity index (χ1) is 19.1. The highest BCUT2D eigenvalue weighted by Crippen LogP contribution is 2.34. The lowest BCUT2D eigenvalue weighted by Gasteiger charge is -2.26. The number of nitrogens with two attached hydrogens (primary N) is 1. The Kier molecular flexibility index (Phi) is 8.22. The van der Waals surface area contributed by atoms with Crippen LogP contribution in [0.3, 0.4) is 0 Å². The Morgan fingerprint density at radius 3 is 2.58 bits per heavy atom. The third-order valence-corrected chi connectivity index (χ3v) is 7.60. The number of hydrogen-bond acceptors (Lipinski definition) is 9. The van der Waals surface area contributed by atoms with Crippen molar-refractivity contribution in [3.8, 4) is 0 Å². The molecule has 12 nitrogen and oxygen atoms in total. The van der Waals surface area contributed by atoms with Crippen LogP contribution in [-0.2, 0) is 10.2 Å². The van der Waals surface area contributed by atoms with Crippen LogP contribution in [0.5, 0.6) is 0 Å². The Labute approximate surface area is 234 Å². The number of nitrogen functional groups attached to an aromatic ring is 1. The maximum atomic E-state index is 12.4. The SMILES string of the molecule is CC(C)(C)c1ccc(NC(=O)NCCCN(CC2CC2)C[C@H]2O[C@@H](n3cnc4c(N)ncnc43)[C@H](O)[C@H]2O)cc1. The van der Waals surface area contributed by atoms with Gasteiger partial charge in [-0.1, -0.05) is 32.9 Å². The second-order valence-electron chi connectivity index (χ2n) is 11.9. The molecule has 2 fully saturated rings.